The van der Waals surface area contributed by atoms with Gasteiger partial charge in [0.2, 0.25) is 0 Å². The summed E-state index contributed by atoms with van der Waals surface area (Å²) in [6.45, 7) is 9.42. The Kier molecular flexibility index (Phi) is 20.1. The van der Waals surface area contributed by atoms with E-state index in [0.29, 0.717) is 0 Å². The predicted molar refractivity (Wildman–Crippen MR) is 254 cm³/mol. The average Bonchev–Trinajstić information content (AvgIpc) is 3.28. The van der Waals surface area contributed by atoms with Gasteiger partial charge >= 0.3 is 21.7 Å². The molecule has 4 aromatic rings. The van der Waals surface area contributed by atoms with Gasteiger partial charge in [-0.3, -0.25) is 0 Å². The Morgan fingerprint density at radius 3 is 0.763 bits per heavy atom. The van der Waals surface area contributed by atoms with Crippen molar-refractivity contribution in [1.29, 1.82) is 0 Å². The van der Waals surface area contributed by atoms with Crippen molar-refractivity contribution in [2.45, 2.75) is 27.7 Å². The Morgan fingerprint density at radius 1 is 0.356 bits per heavy atom. The molecule has 0 saturated carbocycles. The standard InChI is InChI=1S/C45H72N9Si.3ClH.Ti/c1-29-30(2)32(4)45(31(29)3)55(36-26-23-33(46(5)6)39(49(11)12)42(36)52(17)18,37-27-24-34(47(7)8)40(50(13)14)43(37)53(19)20)38-28-25-35(48(9)10)41(51(15)16)44(38)54(21)22;;;;/h23-28H,1-22H3;3*1H;/q-1;;;;+4/p-3. The Morgan fingerprint density at radius 2 is 0.593 bits per heavy atom. The van der Waals surface area contributed by atoms with Gasteiger partial charge in [0.25, 0.3) is 0 Å². The molecule has 0 fully saturated rings. The molecule has 0 aliphatic rings. The summed E-state index contributed by atoms with van der Waals surface area (Å²) in [5, 5.41) is 5.60. The minimum atomic E-state index is -3.39. The predicted octanol–water partition coefficient (Wildman–Crippen LogP) is -4.38. The Hall–Kier alpha value is -2.99. The van der Waals surface area contributed by atoms with Crippen molar-refractivity contribution in [2.75, 3.05) is 171 Å². The summed E-state index contributed by atoms with van der Waals surface area (Å²) < 4.78 is 0. The molecule has 0 radical (unpaired) electrons. The van der Waals surface area contributed by atoms with Crippen LogP contribution in [0.3, 0.4) is 0 Å². The number of hydrogen-bond acceptors (Lipinski definition) is 9. The first-order chi connectivity index (χ1) is 25.5. The summed E-state index contributed by atoms with van der Waals surface area (Å²) in [5.74, 6) is 0. The topological polar surface area (TPSA) is 29.2 Å². The molecule has 0 spiro atoms. The molecule has 0 aliphatic carbocycles. The van der Waals surface area contributed by atoms with Gasteiger partial charge < -0.3 is 81.3 Å². The van der Waals surface area contributed by atoms with Crippen LogP contribution in [0.1, 0.15) is 22.3 Å². The summed E-state index contributed by atoms with van der Waals surface area (Å²) >= 11 is 0. The Labute approximate surface area is 393 Å². The molecule has 0 atom stereocenters. The van der Waals surface area contributed by atoms with Crippen LogP contribution in [0, 0.1) is 27.7 Å². The zero-order valence-corrected chi connectivity index (χ0v) is 45.0. The average molecular weight is 921 g/mol. The number of halogens is 3. The third kappa shape index (κ3) is 9.43. The molecule has 0 saturated heterocycles. The van der Waals surface area contributed by atoms with Gasteiger partial charge in [-0.05, 0) is 33.8 Å². The second-order valence-electron chi connectivity index (χ2n) is 17.2. The van der Waals surface area contributed by atoms with Gasteiger partial charge in [0.15, 0.2) is 8.07 Å². The molecule has 0 aromatic heterocycles. The number of rotatable bonds is 13. The van der Waals surface area contributed by atoms with Gasteiger partial charge in [-0.15, -0.1) is 0 Å². The SMILES string of the molecule is Cc1c(C)c([Si](c2ccc(N(C)C)c(N(C)C)c2N(C)C)(c2ccc(N(C)C)c(N(C)C)c2N(C)C)c2ccc(N(C)C)c(N(C)C)c2N(C)C)[c-](C)c1C.[Cl-].[Cl-].[Cl-].[Ti+4]. The first-order valence-corrected chi connectivity index (χ1v) is 21.3. The maximum atomic E-state index is 2.49. The Balaban J connectivity index is 0.00000841. The van der Waals surface area contributed by atoms with Crippen molar-refractivity contribution in [3.63, 3.8) is 0 Å². The van der Waals surface area contributed by atoms with E-state index < -0.39 is 8.07 Å². The van der Waals surface area contributed by atoms with Crippen LogP contribution in [0.2, 0.25) is 0 Å². The van der Waals surface area contributed by atoms with Crippen LogP contribution in [-0.2, 0) is 21.7 Å². The van der Waals surface area contributed by atoms with Crippen LogP contribution in [0.15, 0.2) is 36.4 Å². The van der Waals surface area contributed by atoms with Gasteiger partial charge in [0.1, 0.15) is 0 Å². The number of hydrogen-bond donors (Lipinski definition) is 0. The third-order valence-corrected chi connectivity index (χ3v) is 16.7. The van der Waals surface area contributed by atoms with Crippen LogP contribution < -0.4 is 102 Å². The number of benzene rings is 3. The molecule has 0 unspecified atom stereocenters. The molecule has 0 amide bonds. The normalized spacial score (nSPS) is 10.7. The molecule has 0 aliphatic heterocycles. The fourth-order valence-corrected chi connectivity index (χ4v) is 15.3. The molecule has 59 heavy (non-hydrogen) atoms. The summed E-state index contributed by atoms with van der Waals surface area (Å²) in [5.41, 5.74) is 16.5. The second-order valence-corrected chi connectivity index (χ2v) is 20.8. The van der Waals surface area contributed by atoms with E-state index in [1.54, 1.807) is 0 Å². The van der Waals surface area contributed by atoms with E-state index >= 15 is 0 Å². The van der Waals surface area contributed by atoms with E-state index in [1.807, 2.05) is 0 Å². The van der Waals surface area contributed by atoms with Crippen LogP contribution in [0.25, 0.3) is 0 Å². The smallest absolute Gasteiger partial charge is 1.00 e. The zero-order chi connectivity index (χ0) is 41.8. The van der Waals surface area contributed by atoms with Crippen molar-refractivity contribution in [3.05, 3.63) is 58.7 Å². The number of nitrogens with zero attached hydrogens (tertiary/aromatic N) is 9. The molecule has 4 rings (SSSR count). The quantitative estimate of drug-likeness (QED) is 0.0752. The largest absolute Gasteiger partial charge is 4.00 e. The van der Waals surface area contributed by atoms with Gasteiger partial charge in [0.05, 0.1) is 51.2 Å². The summed E-state index contributed by atoms with van der Waals surface area (Å²) in [7, 11) is 36.1. The van der Waals surface area contributed by atoms with Crippen molar-refractivity contribution < 1.29 is 58.9 Å². The zero-order valence-electron chi connectivity index (χ0n) is 40.1. The summed E-state index contributed by atoms with van der Waals surface area (Å²) in [6.07, 6.45) is 0. The fraction of sp³-hybridized carbons (Fsp3) is 0.489. The van der Waals surface area contributed by atoms with Crippen LogP contribution in [0.4, 0.5) is 51.2 Å². The molecule has 0 N–H and O–H groups in total. The second kappa shape index (κ2) is 21.2. The molecule has 14 heteroatoms. The summed E-state index contributed by atoms with van der Waals surface area (Å²) in [6, 6.07) is 14.6. The molecular weight excluding hydrogens is 849 g/mol. The van der Waals surface area contributed by atoms with Crippen molar-refractivity contribution >= 4 is 80.0 Å². The molecule has 4 aromatic carbocycles. The minimum absolute atomic E-state index is 0. The van der Waals surface area contributed by atoms with Gasteiger partial charge in [-0.2, -0.15) is 27.4 Å². The maximum Gasteiger partial charge on any atom is 4.00 e. The maximum absolute atomic E-state index is 3.39. The molecule has 326 valence electrons. The summed E-state index contributed by atoms with van der Waals surface area (Å²) in [4.78, 5) is 20.8. The van der Waals surface area contributed by atoms with E-state index in [2.05, 4.69) is 235 Å². The first-order valence-electron chi connectivity index (χ1n) is 19.3. The van der Waals surface area contributed by atoms with Crippen LogP contribution in [0.5, 0.6) is 0 Å². The van der Waals surface area contributed by atoms with E-state index in [9.17, 15) is 0 Å². The molecule has 9 nitrogen and oxygen atoms in total. The van der Waals surface area contributed by atoms with Crippen molar-refractivity contribution in [3.8, 4) is 0 Å². The van der Waals surface area contributed by atoms with Gasteiger partial charge in [-0.25, -0.2) is 0 Å². The van der Waals surface area contributed by atoms with E-state index in [1.165, 1.54) is 94.2 Å². The monoisotopic (exact) mass is 919 g/mol. The van der Waals surface area contributed by atoms with Crippen LogP contribution in [-0.4, -0.2) is 135 Å². The minimum Gasteiger partial charge on any atom is -1.00 e. The third-order valence-electron chi connectivity index (χ3n) is 11.5. The van der Waals surface area contributed by atoms with Gasteiger partial charge in [-0.1, -0.05) is 45.9 Å². The van der Waals surface area contributed by atoms with E-state index in [4.69, 9.17) is 0 Å². The number of anilines is 9. The fourth-order valence-electron chi connectivity index (χ4n) is 9.00. The van der Waals surface area contributed by atoms with E-state index in [0.717, 1.165) is 0 Å². The van der Waals surface area contributed by atoms with Crippen LogP contribution >= 0.6 is 0 Å². The van der Waals surface area contributed by atoms with Crippen molar-refractivity contribution in [1.82, 2.24) is 0 Å². The first kappa shape index (κ1) is 56.0. The molecule has 0 heterocycles. The molecule has 0 bridgehead atoms. The molecular formula is C45H72Cl3N9SiTi. The Bertz CT molecular complexity index is 1830. The van der Waals surface area contributed by atoms with Gasteiger partial charge in [0, 0.05) is 127 Å². The van der Waals surface area contributed by atoms with Crippen molar-refractivity contribution in [2.24, 2.45) is 0 Å². The van der Waals surface area contributed by atoms with E-state index in [-0.39, 0.29) is 58.9 Å².